The minimum Gasteiger partial charge on any atom is -0.396 e. The second-order valence-electron chi connectivity index (χ2n) is 4.96. The maximum Gasteiger partial charge on any atom is 0.315 e. The third-order valence-corrected chi connectivity index (χ3v) is 3.39. The molecule has 0 saturated carbocycles. The topological polar surface area (TPSA) is 74.2 Å². The van der Waals surface area contributed by atoms with Gasteiger partial charge in [0, 0.05) is 18.3 Å². The molecule has 19 heavy (non-hydrogen) atoms. The predicted molar refractivity (Wildman–Crippen MR) is 74.7 cm³/mol. The fourth-order valence-electron chi connectivity index (χ4n) is 1.76. The molecule has 1 heterocycles. The molecule has 0 radical (unpaired) electrons. The van der Waals surface area contributed by atoms with Gasteiger partial charge in [-0.05, 0) is 38.3 Å². The van der Waals surface area contributed by atoms with Gasteiger partial charge in [0.1, 0.15) is 0 Å². The van der Waals surface area contributed by atoms with E-state index in [4.69, 9.17) is 5.11 Å². The molecule has 1 unspecified atom stereocenters. The van der Waals surface area contributed by atoms with Crippen molar-refractivity contribution in [2.24, 2.45) is 0 Å². The van der Waals surface area contributed by atoms with Gasteiger partial charge in [-0.15, -0.1) is 0 Å². The quantitative estimate of drug-likeness (QED) is 0.733. The highest BCUT2D eigenvalue weighted by Crippen LogP contribution is 2.13. The summed E-state index contributed by atoms with van der Waals surface area (Å²) in [5, 5.41) is 14.7. The molecule has 0 aliphatic carbocycles. The molecule has 5 nitrogen and oxygen atoms in total. The zero-order valence-corrected chi connectivity index (χ0v) is 11.9. The average Bonchev–Trinajstić information content (AvgIpc) is 2.38. The van der Waals surface area contributed by atoms with Gasteiger partial charge in [0.2, 0.25) is 0 Å². The molecule has 3 N–H and O–H groups in total. The maximum absolute atomic E-state index is 11.8. The fourth-order valence-corrected chi connectivity index (χ4v) is 1.76. The number of urea groups is 1. The van der Waals surface area contributed by atoms with Crippen LogP contribution < -0.4 is 10.6 Å². The zero-order chi connectivity index (χ0) is 14.3. The van der Waals surface area contributed by atoms with E-state index < -0.39 is 0 Å². The summed E-state index contributed by atoms with van der Waals surface area (Å²) in [5.41, 5.74) is 1.53. The highest BCUT2D eigenvalue weighted by molar-refractivity contribution is 5.74. The van der Waals surface area contributed by atoms with Gasteiger partial charge in [-0.3, -0.25) is 4.98 Å². The van der Waals surface area contributed by atoms with E-state index in [1.165, 1.54) is 0 Å². The first-order chi connectivity index (χ1) is 9.00. The van der Waals surface area contributed by atoms with E-state index in [9.17, 15) is 4.79 Å². The summed E-state index contributed by atoms with van der Waals surface area (Å²) in [5.74, 6) is 0. The summed E-state index contributed by atoms with van der Waals surface area (Å²) in [6.45, 7) is 6.33. The Kier molecular flexibility index (Phi) is 5.76. The molecule has 0 bridgehead atoms. The number of pyridine rings is 1. The van der Waals surface area contributed by atoms with Crippen LogP contribution in [0.25, 0.3) is 0 Å². The number of nitrogens with zero attached hydrogens (tertiary/aromatic N) is 1. The molecule has 0 aromatic carbocycles. The Morgan fingerprint density at radius 2 is 2.26 bits per heavy atom. The van der Waals surface area contributed by atoms with Crippen LogP contribution in [0.1, 0.15) is 37.9 Å². The highest BCUT2D eigenvalue weighted by Gasteiger charge is 2.23. The van der Waals surface area contributed by atoms with Crippen LogP contribution in [-0.4, -0.2) is 28.3 Å². The molecule has 0 aliphatic rings. The number of nitrogens with one attached hydrogen (secondary N) is 2. The molecule has 0 aliphatic heterocycles. The Hall–Kier alpha value is -1.62. The summed E-state index contributed by atoms with van der Waals surface area (Å²) < 4.78 is 0. The van der Waals surface area contributed by atoms with Crippen molar-refractivity contribution in [2.45, 2.75) is 45.7 Å². The molecular weight excluding hydrogens is 242 g/mol. The highest BCUT2D eigenvalue weighted by atomic mass is 16.3. The van der Waals surface area contributed by atoms with Gasteiger partial charge in [-0.1, -0.05) is 13.0 Å². The number of carbonyl (C=O) groups is 1. The van der Waals surface area contributed by atoms with E-state index in [0.717, 1.165) is 17.7 Å². The Morgan fingerprint density at radius 1 is 1.53 bits per heavy atom. The number of hydrogen-bond donors (Lipinski definition) is 3. The number of aryl methyl sites for hydroxylation is 1. The third-order valence-electron chi connectivity index (χ3n) is 3.39. The van der Waals surface area contributed by atoms with Crippen molar-refractivity contribution in [2.75, 3.05) is 6.61 Å². The number of aromatic nitrogens is 1. The Labute approximate surface area is 114 Å². The number of hydrogen-bond acceptors (Lipinski definition) is 3. The monoisotopic (exact) mass is 265 g/mol. The second kappa shape index (κ2) is 7.09. The second-order valence-corrected chi connectivity index (χ2v) is 4.96. The van der Waals surface area contributed by atoms with Gasteiger partial charge >= 0.3 is 6.03 Å². The largest absolute Gasteiger partial charge is 0.396 e. The third kappa shape index (κ3) is 4.87. The fraction of sp³-hybridized carbons (Fsp3) is 0.571. The van der Waals surface area contributed by atoms with Crippen molar-refractivity contribution in [3.05, 3.63) is 29.6 Å². The van der Waals surface area contributed by atoms with Crippen LogP contribution in [0.4, 0.5) is 4.79 Å². The summed E-state index contributed by atoms with van der Waals surface area (Å²) >= 11 is 0. The standard InChI is InChI=1S/C14H23N3O2/c1-4-14(3,7-9-18)17-13(19)16-10-12-11(2)6-5-8-15-12/h5-6,8,18H,4,7,9-10H2,1-3H3,(H2,16,17,19). The summed E-state index contributed by atoms with van der Waals surface area (Å²) in [6.07, 6.45) is 3.02. The van der Waals surface area contributed by atoms with Crippen molar-refractivity contribution in [3.63, 3.8) is 0 Å². The molecule has 1 atom stereocenters. The van der Waals surface area contributed by atoms with Gasteiger partial charge in [0.25, 0.3) is 0 Å². The van der Waals surface area contributed by atoms with Crippen molar-refractivity contribution < 1.29 is 9.90 Å². The Morgan fingerprint density at radius 3 is 2.84 bits per heavy atom. The number of aliphatic hydroxyl groups excluding tert-OH is 1. The average molecular weight is 265 g/mol. The molecular formula is C14H23N3O2. The summed E-state index contributed by atoms with van der Waals surface area (Å²) in [7, 11) is 0. The van der Waals surface area contributed by atoms with Gasteiger partial charge in [-0.25, -0.2) is 4.79 Å². The Bertz CT molecular complexity index is 423. The van der Waals surface area contributed by atoms with Crippen LogP contribution in [0.2, 0.25) is 0 Å². The van der Waals surface area contributed by atoms with Gasteiger partial charge < -0.3 is 15.7 Å². The van der Waals surface area contributed by atoms with Gasteiger partial charge in [-0.2, -0.15) is 0 Å². The van der Waals surface area contributed by atoms with Crippen molar-refractivity contribution in [1.29, 1.82) is 0 Å². The van der Waals surface area contributed by atoms with Crippen LogP contribution in [0.5, 0.6) is 0 Å². The van der Waals surface area contributed by atoms with Crippen LogP contribution in [0, 0.1) is 6.92 Å². The number of amides is 2. The lowest BCUT2D eigenvalue weighted by Gasteiger charge is -2.29. The van der Waals surface area contributed by atoms with Crippen molar-refractivity contribution in [1.82, 2.24) is 15.6 Å². The minimum absolute atomic E-state index is 0.0595. The van der Waals surface area contributed by atoms with Crippen molar-refractivity contribution in [3.8, 4) is 0 Å². The first kappa shape index (κ1) is 15.4. The van der Waals surface area contributed by atoms with Crippen LogP contribution in [0.3, 0.4) is 0 Å². The lowest BCUT2D eigenvalue weighted by molar-refractivity contribution is 0.200. The van der Waals surface area contributed by atoms with E-state index >= 15 is 0 Å². The van der Waals surface area contributed by atoms with E-state index in [0.29, 0.717) is 13.0 Å². The molecule has 0 fully saturated rings. The first-order valence-corrected chi connectivity index (χ1v) is 6.58. The summed E-state index contributed by atoms with van der Waals surface area (Å²) in [4.78, 5) is 16.1. The Balaban J connectivity index is 2.50. The van der Waals surface area contributed by atoms with E-state index in [-0.39, 0.29) is 18.2 Å². The first-order valence-electron chi connectivity index (χ1n) is 6.58. The maximum atomic E-state index is 11.8. The van der Waals surface area contributed by atoms with E-state index in [1.54, 1.807) is 6.20 Å². The molecule has 1 aromatic rings. The molecule has 0 spiro atoms. The predicted octanol–water partition coefficient (Wildman–Crippen LogP) is 1.74. The van der Waals surface area contributed by atoms with E-state index in [2.05, 4.69) is 15.6 Å². The molecule has 0 saturated heterocycles. The molecule has 2 amide bonds. The van der Waals surface area contributed by atoms with Crippen LogP contribution >= 0.6 is 0 Å². The lowest BCUT2D eigenvalue weighted by Crippen LogP contribution is -2.50. The summed E-state index contributed by atoms with van der Waals surface area (Å²) in [6, 6.07) is 3.60. The normalized spacial score (nSPS) is 13.7. The van der Waals surface area contributed by atoms with Gasteiger partial charge in [0.15, 0.2) is 0 Å². The van der Waals surface area contributed by atoms with E-state index in [1.807, 2.05) is 32.9 Å². The molecule has 106 valence electrons. The van der Waals surface area contributed by atoms with Gasteiger partial charge in [0.05, 0.1) is 12.2 Å². The smallest absolute Gasteiger partial charge is 0.315 e. The number of carbonyl (C=O) groups excluding carboxylic acids is 1. The molecule has 1 aromatic heterocycles. The van der Waals surface area contributed by atoms with Crippen molar-refractivity contribution >= 4 is 6.03 Å². The minimum atomic E-state index is -0.377. The SMILES string of the molecule is CCC(C)(CCO)NC(=O)NCc1ncccc1C. The van der Waals surface area contributed by atoms with Crippen LogP contribution in [-0.2, 0) is 6.54 Å². The lowest BCUT2D eigenvalue weighted by atomic mass is 9.95. The molecule has 1 rings (SSSR count). The molecule has 5 heteroatoms. The number of aliphatic hydroxyl groups is 1. The number of rotatable bonds is 6. The zero-order valence-electron chi connectivity index (χ0n) is 11.9. The van der Waals surface area contributed by atoms with Crippen LogP contribution in [0.15, 0.2) is 18.3 Å².